The molecule has 0 aliphatic carbocycles. The van der Waals surface area contributed by atoms with Crippen molar-refractivity contribution >= 4 is 10.0 Å². The fourth-order valence-electron chi connectivity index (χ4n) is 3.01. The molecule has 0 amide bonds. The van der Waals surface area contributed by atoms with Crippen molar-refractivity contribution in [2.24, 2.45) is 0 Å². The number of aromatic amines is 1. The van der Waals surface area contributed by atoms with Crippen LogP contribution in [0.4, 0.5) is 13.2 Å². The molecule has 1 aliphatic rings. The lowest BCUT2D eigenvalue weighted by Gasteiger charge is -2.26. The van der Waals surface area contributed by atoms with Gasteiger partial charge in [-0.15, -0.1) is 0 Å². The first-order chi connectivity index (χ1) is 12.8. The first kappa shape index (κ1) is 17.7. The summed E-state index contributed by atoms with van der Waals surface area (Å²) in [7, 11) is -4.38. The number of fused-ring (bicyclic) bond motifs is 1. The minimum absolute atomic E-state index is 0.0350. The van der Waals surface area contributed by atoms with Gasteiger partial charge in [-0.05, 0) is 19.1 Å². The van der Waals surface area contributed by atoms with E-state index in [9.17, 15) is 21.6 Å². The Morgan fingerprint density at radius 3 is 2.70 bits per heavy atom. The molecule has 0 atom stereocenters. The molecule has 4 rings (SSSR count). The number of hydrogen-bond donors (Lipinski definition) is 1. The summed E-state index contributed by atoms with van der Waals surface area (Å²) in [6.45, 7) is 1.62. The highest BCUT2D eigenvalue weighted by atomic mass is 32.2. The van der Waals surface area contributed by atoms with E-state index in [2.05, 4.69) is 15.4 Å². The highest BCUT2D eigenvalue weighted by Gasteiger charge is 2.34. The zero-order valence-corrected chi connectivity index (χ0v) is 14.8. The smallest absolute Gasteiger partial charge is 0.246 e. The van der Waals surface area contributed by atoms with E-state index in [0.717, 1.165) is 16.1 Å². The van der Waals surface area contributed by atoms with E-state index in [1.54, 1.807) is 13.0 Å². The second kappa shape index (κ2) is 6.20. The molecule has 0 spiro atoms. The van der Waals surface area contributed by atoms with E-state index >= 15 is 0 Å². The highest BCUT2D eigenvalue weighted by Crippen LogP contribution is 2.31. The Labute approximate surface area is 151 Å². The van der Waals surface area contributed by atoms with Crippen LogP contribution in [0.15, 0.2) is 27.6 Å². The van der Waals surface area contributed by atoms with Crippen LogP contribution in [0.2, 0.25) is 0 Å². The number of nitrogens with zero attached hydrogens (tertiary/aromatic N) is 3. The molecule has 1 N–H and O–H groups in total. The zero-order valence-electron chi connectivity index (χ0n) is 14.0. The number of nitrogens with one attached hydrogen (secondary N) is 1. The Balaban J connectivity index is 1.72. The minimum Gasteiger partial charge on any atom is -0.361 e. The minimum atomic E-state index is -4.38. The van der Waals surface area contributed by atoms with Crippen LogP contribution in [0, 0.1) is 24.4 Å². The molecular formula is C16H13F3N4O3S. The molecule has 0 unspecified atom stereocenters. The van der Waals surface area contributed by atoms with Gasteiger partial charge in [0.05, 0.1) is 0 Å². The van der Waals surface area contributed by atoms with E-state index in [0.29, 0.717) is 35.2 Å². The van der Waals surface area contributed by atoms with Gasteiger partial charge in [0, 0.05) is 36.8 Å². The van der Waals surface area contributed by atoms with Gasteiger partial charge in [-0.25, -0.2) is 21.6 Å². The zero-order chi connectivity index (χ0) is 19.3. The van der Waals surface area contributed by atoms with Crippen molar-refractivity contribution in [1.29, 1.82) is 0 Å². The van der Waals surface area contributed by atoms with Crippen molar-refractivity contribution in [2.75, 3.05) is 6.54 Å². The molecule has 27 heavy (non-hydrogen) atoms. The normalized spacial score (nSPS) is 15.1. The summed E-state index contributed by atoms with van der Waals surface area (Å²) in [4.78, 5) is -0.910. The molecule has 11 heteroatoms. The largest absolute Gasteiger partial charge is 0.361 e. The summed E-state index contributed by atoms with van der Waals surface area (Å²) >= 11 is 0. The van der Waals surface area contributed by atoms with Crippen LogP contribution in [-0.4, -0.2) is 34.6 Å². The van der Waals surface area contributed by atoms with Crippen molar-refractivity contribution in [2.45, 2.75) is 24.8 Å². The van der Waals surface area contributed by atoms with E-state index < -0.39 is 32.4 Å². The molecular weight excluding hydrogens is 385 g/mol. The fourth-order valence-corrected chi connectivity index (χ4v) is 4.48. The molecule has 2 aromatic heterocycles. The Bertz CT molecular complexity index is 1140. The monoisotopic (exact) mass is 398 g/mol. The summed E-state index contributed by atoms with van der Waals surface area (Å²) in [5, 5.41) is 10.9. The maximum absolute atomic E-state index is 14.0. The SMILES string of the molecule is Cc1cc(-c2n[nH]c3c2CN(S(=O)(=O)c2ccc(F)c(F)c2F)CC3)no1. The number of rotatable bonds is 3. The van der Waals surface area contributed by atoms with Crippen molar-refractivity contribution in [3.8, 4) is 11.4 Å². The van der Waals surface area contributed by atoms with Crippen LogP contribution in [-0.2, 0) is 23.0 Å². The lowest BCUT2D eigenvalue weighted by atomic mass is 10.1. The second-order valence-electron chi connectivity index (χ2n) is 6.11. The maximum atomic E-state index is 14.0. The van der Waals surface area contributed by atoms with Gasteiger partial charge in [0.15, 0.2) is 17.5 Å². The average Bonchev–Trinajstić information content (AvgIpc) is 3.24. The van der Waals surface area contributed by atoms with E-state index in [-0.39, 0.29) is 13.1 Å². The summed E-state index contributed by atoms with van der Waals surface area (Å²) in [5.74, 6) is -4.45. The third-order valence-corrected chi connectivity index (χ3v) is 6.25. The molecule has 0 radical (unpaired) electrons. The molecule has 0 saturated heterocycles. The average molecular weight is 398 g/mol. The number of sulfonamides is 1. The van der Waals surface area contributed by atoms with Gasteiger partial charge in [0.25, 0.3) is 0 Å². The summed E-state index contributed by atoms with van der Waals surface area (Å²) < 4.78 is 72.3. The molecule has 7 nitrogen and oxygen atoms in total. The van der Waals surface area contributed by atoms with E-state index in [4.69, 9.17) is 4.52 Å². The van der Waals surface area contributed by atoms with Gasteiger partial charge in [-0.1, -0.05) is 5.16 Å². The third kappa shape index (κ3) is 2.82. The fraction of sp³-hybridized carbons (Fsp3) is 0.250. The molecule has 0 saturated carbocycles. The van der Waals surface area contributed by atoms with Crippen molar-refractivity contribution in [3.05, 3.63) is 52.7 Å². The summed E-state index contributed by atoms with van der Waals surface area (Å²) in [6.07, 6.45) is 0.295. The molecule has 3 heterocycles. The van der Waals surface area contributed by atoms with Gasteiger partial charge in [0.2, 0.25) is 10.0 Å². The predicted molar refractivity (Wildman–Crippen MR) is 86.4 cm³/mol. The molecule has 142 valence electrons. The third-order valence-electron chi connectivity index (χ3n) is 4.39. The van der Waals surface area contributed by atoms with Crippen LogP contribution in [0.3, 0.4) is 0 Å². The number of hydrogen-bond acceptors (Lipinski definition) is 5. The highest BCUT2D eigenvalue weighted by molar-refractivity contribution is 7.89. The van der Waals surface area contributed by atoms with Crippen LogP contribution in [0.1, 0.15) is 17.0 Å². The molecule has 1 aromatic carbocycles. The van der Waals surface area contributed by atoms with E-state index in [1.807, 2.05) is 0 Å². The number of aromatic nitrogens is 3. The number of benzene rings is 1. The first-order valence-corrected chi connectivity index (χ1v) is 9.36. The van der Waals surface area contributed by atoms with Gasteiger partial charge < -0.3 is 4.52 Å². The summed E-state index contributed by atoms with van der Waals surface area (Å²) in [6, 6.07) is 2.96. The number of halogens is 3. The van der Waals surface area contributed by atoms with Gasteiger partial charge >= 0.3 is 0 Å². The first-order valence-electron chi connectivity index (χ1n) is 7.92. The van der Waals surface area contributed by atoms with Crippen molar-refractivity contribution in [1.82, 2.24) is 19.7 Å². The van der Waals surface area contributed by atoms with Crippen molar-refractivity contribution in [3.63, 3.8) is 0 Å². The van der Waals surface area contributed by atoms with Crippen LogP contribution in [0.5, 0.6) is 0 Å². The van der Waals surface area contributed by atoms with E-state index in [1.165, 1.54) is 0 Å². The lowest BCUT2D eigenvalue weighted by molar-refractivity contribution is 0.381. The lowest BCUT2D eigenvalue weighted by Crippen LogP contribution is -2.36. The molecule has 3 aromatic rings. The standard InChI is InChI=1S/C16H13F3N4O3S/c1-8-6-12(22-26-8)16-9-7-23(5-4-11(9)20-21-16)27(24,25)13-3-2-10(17)14(18)15(13)19/h2-3,6H,4-5,7H2,1H3,(H,20,21). The predicted octanol–water partition coefficient (Wildman–Crippen LogP) is 2.54. The Hall–Kier alpha value is -2.66. The Kier molecular flexibility index (Phi) is 4.07. The quantitative estimate of drug-likeness (QED) is 0.685. The Morgan fingerprint density at radius 2 is 2.00 bits per heavy atom. The number of aryl methyl sites for hydroxylation is 1. The molecule has 0 bridgehead atoms. The Morgan fingerprint density at radius 1 is 1.22 bits per heavy atom. The summed E-state index contributed by atoms with van der Waals surface area (Å²) in [5.41, 5.74) is 2.15. The molecule has 0 fully saturated rings. The molecule has 1 aliphatic heterocycles. The van der Waals surface area contributed by atoms with Crippen LogP contribution < -0.4 is 0 Å². The van der Waals surface area contributed by atoms with Gasteiger partial charge in [-0.3, -0.25) is 5.10 Å². The van der Waals surface area contributed by atoms with Crippen LogP contribution in [0.25, 0.3) is 11.4 Å². The van der Waals surface area contributed by atoms with Gasteiger partial charge in [0.1, 0.15) is 22.0 Å². The van der Waals surface area contributed by atoms with Gasteiger partial charge in [-0.2, -0.15) is 9.40 Å². The topological polar surface area (TPSA) is 92.1 Å². The van der Waals surface area contributed by atoms with Crippen molar-refractivity contribution < 1.29 is 26.1 Å². The number of H-pyrrole nitrogens is 1. The van der Waals surface area contributed by atoms with Crippen LogP contribution >= 0.6 is 0 Å². The maximum Gasteiger partial charge on any atom is 0.246 e. The second-order valence-corrected chi connectivity index (χ2v) is 8.02.